The van der Waals surface area contributed by atoms with Crippen molar-refractivity contribution in [1.29, 1.82) is 0 Å². The Morgan fingerprint density at radius 3 is 1.70 bits per heavy atom. The Hall–Kier alpha value is -0.670. The highest BCUT2D eigenvalue weighted by Crippen LogP contribution is 2.68. The van der Waals surface area contributed by atoms with Crippen LogP contribution in [0.4, 0.5) is 39.5 Å². The summed E-state index contributed by atoms with van der Waals surface area (Å²) in [5, 5.41) is 9.78. The highest BCUT2D eigenvalue weighted by atomic mass is 19.4. The lowest BCUT2D eigenvalue weighted by Crippen LogP contribution is -2.64. The van der Waals surface area contributed by atoms with E-state index in [9.17, 15) is 44.6 Å². The van der Waals surface area contributed by atoms with Crippen molar-refractivity contribution < 1.29 is 44.6 Å². The predicted molar refractivity (Wildman–Crippen MR) is 78.6 cm³/mol. The lowest BCUT2D eigenvalue weighted by molar-refractivity contribution is -0.391. The first-order chi connectivity index (χ1) is 11.8. The van der Waals surface area contributed by atoms with Gasteiger partial charge in [-0.2, -0.15) is 39.5 Å². The van der Waals surface area contributed by atoms with E-state index in [1.165, 1.54) is 13.8 Å². The van der Waals surface area contributed by atoms with E-state index in [1.54, 1.807) is 0 Å². The van der Waals surface area contributed by atoms with Crippen LogP contribution in [0.1, 0.15) is 52.9 Å². The molecule has 0 saturated heterocycles. The molecule has 10 heteroatoms. The zero-order chi connectivity index (χ0) is 21.3. The number of aliphatic hydroxyl groups is 1. The van der Waals surface area contributed by atoms with Crippen LogP contribution in [0.3, 0.4) is 0 Å². The van der Waals surface area contributed by atoms with Crippen LogP contribution in [0.5, 0.6) is 0 Å². The van der Waals surface area contributed by atoms with Crippen molar-refractivity contribution in [1.82, 2.24) is 0 Å². The number of fused-ring (bicyclic) bond motifs is 2. The Labute approximate surface area is 151 Å². The van der Waals surface area contributed by atoms with Gasteiger partial charge in [-0.1, -0.05) is 20.8 Å². The van der Waals surface area contributed by atoms with Gasteiger partial charge in [-0.15, -0.1) is 0 Å². The minimum atomic E-state index is -5.96. The molecule has 1 N–H and O–H groups in total. The second kappa shape index (κ2) is 6.16. The lowest BCUT2D eigenvalue weighted by Gasteiger charge is -2.49. The molecular weight excluding hydrogens is 391 g/mol. The van der Waals surface area contributed by atoms with Gasteiger partial charge in [0.05, 0.1) is 5.41 Å². The van der Waals surface area contributed by atoms with Crippen LogP contribution >= 0.6 is 0 Å². The third-order valence-electron chi connectivity index (χ3n) is 6.97. The zero-order valence-electron chi connectivity index (χ0n) is 15.1. The van der Waals surface area contributed by atoms with Crippen molar-refractivity contribution in [3.8, 4) is 0 Å². The molecule has 0 aromatic heterocycles. The topological polar surface area (TPSA) is 20.2 Å². The Morgan fingerprint density at radius 1 is 0.889 bits per heavy atom. The van der Waals surface area contributed by atoms with E-state index < -0.39 is 65.6 Å². The molecule has 2 aliphatic carbocycles. The smallest absolute Gasteiger partial charge is 0.373 e. The number of hydrogen-bond donors (Lipinski definition) is 1. The molecule has 2 rings (SSSR count). The van der Waals surface area contributed by atoms with Crippen LogP contribution in [0.15, 0.2) is 0 Å². The second-order valence-corrected chi connectivity index (χ2v) is 8.76. The Bertz CT molecular complexity index is 550. The summed E-state index contributed by atoms with van der Waals surface area (Å²) in [6.45, 7) is 3.57. The molecule has 0 heterocycles. The second-order valence-electron chi connectivity index (χ2n) is 8.76. The van der Waals surface area contributed by atoms with E-state index in [1.807, 2.05) is 0 Å². The van der Waals surface area contributed by atoms with Gasteiger partial charge in [0.25, 0.3) is 5.60 Å². The Balaban J connectivity index is 2.44. The summed E-state index contributed by atoms with van der Waals surface area (Å²) in [7, 11) is 0. The minimum Gasteiger partial charge on any atom is -0.373 e. The number of alkyl halides is 9. The van der Waals surface area contributed by atoms with Gasteiger partial charge in [0.1, 0.15) is 0 Å². The Morgan fingerprint density at radius 2 is 1.37 bits per heavy atom. The summed E-state index contributed by atoms with van der Waals surface area (Å²) >= 11 is 0. The summed E-state index contributed by atoms with van der Waals surface area (Å²) in [5.74, 6) is -4.05. The van der Waals surface area contributed by atoms with Gasteiger partial charge in [0.2, 0.25) is 0 Å². The third kappa shape index (κ3) is 3.33. The quantitative estimate of drug-likeness (QED) is 0.538. The SMILES string of the molecule is CCC(C)(CC1(C)CC2CC1C(C(O)(C(F)(F)F)C(F)(F)F)C2)C(F)(F)F. The first-order valence-corrected chi connectivity index (χ1v) is 8.75. The average Bonchev–Trinajstić information content (AvgIpc) is 2.99. The predicted octanol–water partition coefficient (Wildman–Crippen LogP) is 6.26. The van der Waals surface area contributed by atoms with Crippen LogP contribution in [0.25, 0.3) is 0 Å². The van der Waals surface area contributed by atoms with Crippen molar-refractivity contribution in [2.24, 2.45) is 28.6 Å². The fourth-order valence-electron chi connectivity index (χ4n) is 5.45. The molecule has 27 heavy (non-hydrogen) atoms. The van der Waals surface area contributed by atoms with E-state index in [0.29, 0.717) is 0 Å². The normalized spacial score (nSPS) is 34.8. The Kier molecular flexibility index (Phi) is 5.16. The summed E-state index contributed by atoms with van der Waals surface area (Å²) in [4.78, 5) is 0. The van der Waals surface area contributed by atoms with Gasteiger partial charge in [0, 0.05) is 5.92 Å². The maximum atomic E-state index is 13.5. The van der Waals surface area contributed by atoms with Crippen LogP contribution in [-0.2, 0) is 0 Å². The van der Waals surface area contributed by atoms with Crippen LogP contribution in [0.2, 0.25) is 0 Å². The van der Waals surface area contributed by atoms with Gasteiger partial charge >= 0.3 is 18.5 Å². The molecular formula is C17H23F9O. The van der Waals surface area contributed by atoms with Crippen molar-refractivity contribution in [2.45, 2.75) is 77.0 Å². The van der Waals surface area contributed by atoms with Crippen molar-refractivity contribution in [3.05, 3.63) is 0 Å². The summed E-state index contributed by atoms with van der Waals surface area (Å²) in [6, 6.07) is 0. The van der Waals surface area contributed by atoms with Gasteiger partial charge in [-0.3, -0.25) is 0 Å². The fraction of sp³-hybridized carbons (Fsp3) is 1.00. The molecule has 2 fully saturated rings. The fourth-order valence-corrected chi connectivity index (χ4v) is 5.45. The molecule has 2 bridgehead atoms. The van der Waals surface area contributed by atoms with Gasteiger partial charge in [0.15, 0.2) is 0 Å². The zero-order valence-corrected chi connectivity index (χ0v) is 15.1. The molecule has 0 aliphatic heterocycles. The highest BCUT2D eigenvalue weighted by molar-refractivity contribution is 5.13. The number of halogens is 9. The first kappa shape index (κ1) is 22.6. The summed E-state index contributed by atoms with van der Waals surface area (Å²) in [6.07, 6.45) is -17.9. The molecule has 5 atom stereocenters. The maximum absolute atomic E-state index is 13.5. The molecule has 0 amide bonds. The van der Waals surface area contributed by atoms with Gasteiger partial charge in [-0.25, -0.2) is 0 Å². The maximum Gasteiger partial charge on any atom is 0.426 e. The van der Waals surface area contributed by atoms with Crippen LogP contribution in [-0.4, -0.2) is 29.2 Å². The largest absolute Gasteiger partial charge is 0.426 e. The molecule has 1 nitrogen and oxygen atoms in total. The van der Waals surface area contributed by atoms with E-state index in [4.69, 9.17) is 0 Å². The molecule has 0 radical (unpaired) electrons. The molecule has 0 spiro atoms. The summed E-state index contributed by atoms with van der Waals surface area (Å²) in [5.41, 5.74) is -8.49. The molecule has 2 aliphatic rings. The third-order valence-corrected chi connectivity index (χ3v) is 6.97. The number of hydrogen-bond acceptors (Lipinski definition) is 1. The van der Waals surface area contributed by atoms with Gasteiger partial charge < -0.3 is 5.11 Å². The van der Waals surface area contributed by atoms with E-state index in [2.05, 4.69) is 0 Å². The van der Waals surface area contributed by atoms with Crippen LogP contribution in [0, 0.1) is 28.6 Å². The minimum absolute atomic E-state index is 0.0344. The molecule has 0 aromatic carbocycles. The number of rotatable bonds is 4. The molecule has 0 aromatic rings. The average molecular weight is 414 g/mol. The van der Waals surface area contributed by atoms with Gasteiger partial charge in [-0.05, 0) is 49.4 Å². The van der Waals surface area contributed by atoms with Crippen LogP contribution < -0.4 is 0 Å². The molecule has 5 unspecified atom stereocenters. The monoisotopic (exact) mass is 414 g/mol. The molecule has 2 saturated carbocycles. The first-order valence-electron chi connectivity index (χ1n) is 8.75. The molecule has 160 valence electrons. The van der Waals surface area contributed by atoms with Crippen molar-refractivity contribution in [2.75, 3.05) is 0 Å². The van der Waals surface area contributed by atoms with E-state index >= 15 is 0 Å². The summed E-state index contributed by atoms with van der Waals surface area (Å²) < 4.78 is 120. The highest BCUT2D eigenvalue weighted by Gasteiger charge is 2.77. The van der Waals surface area contributed by atoms with E-state index in [-0.39, 0.29) is 19.3 Å². The lowest BCUT2D eigenvalue weighted by atomic mass is 9.58. The standard InChI is InChI=1S/C17H23F9O/c1-4-13(3,15(18,19)20)8-12(2)7-9-5-10(12)11(6-9)14(27,16(21,22)23)17(24,25)26/h9-11,27H,4-8H2,1-3H3. The van der Waals surface area contributed by atoms with Crippen molar-refractivity contribution in [3.63, 3.8) is 0 Å². The van der Waals surface area contributed by atoms with Crippen molar-refractivity contribution >= 4 is 0 Å². The van der Waals surface area contributed by atoms with E-state index in [0.717, 1.165) is 6.92 Å².